The largest absolute Gasteiger partial charge is 0.494 e. The lowest BCUT2D eigenvalue weighted by atomic mass is 10.2. The highest BCUT2D eigenvalue weighted by molar-refractivity contribution is 7.80. The van der Waals surface area contributed by atoms with Crippen LogP contribution in [-0.2, 0) is 0 Å². The van der Waals surface area contributed by atoms with Crippen molar-refractivity contribution in [1.82, 2.24) is 5.32 Å². The van der Waals surface area contributed by atoms with E-state index in [2.05, 4.69) is 17.6 Å². The number of carbonyl (C=O) groups is 1. The third-order valence-electron chi connectivity index (χ3n) is 3.39. The van der Waals surface area contributed by atoms with Crippen molar-refractivity contribution >= 4 is 28.9 Å². The van der Waals surface area contributed by atoms with Gasteiger partial charge in [-0.1, -0.05) is 32.0 Å². The van der Waals surface area contributed by atoms with Gasteiger partial charge >= 0.3 is 0 Å². The number of thiocarbonyl (C=S) groups is 1. The quantitative estimate of drug-likeness (QED) is 0.673. The summed E-state index contributed by atoms with van der Waals surface area (Å²) in [5.74, 6) is 0.987. The van der Waals surface area contributed by atoms with Crippen molar-refractivity contribution in [3.63, 3.8) is 0 Å². The van der Waals surface area contributed by atoms with Gasteiger partial charge in [0.1, 0.15) is 11.5 Å². The first-order valence-corrected chi connectivity index (χ1v) is 9.12. The van der Waals surface area contributed by atoms with E-state index >= 15 is 0 Å². The van der Waals surface area contributed by atoms with Crippen LogP contribution in [0, 0.1) is 0 Å². The second-order valence-corrected chi connectivity index (χ2v) is 6.04. The number of rotatable bonds is 8. The summed E-state index contributed by atoms with van der Waals surface area (Å²) in [6.07, 6.45) is 1.80. The minimum absolute atomic E-state index is 0.216. The number of hydrogen-bond acceptors (Lipinski definition) is 4. The zero-order valence-corrected chi connectivity index (χ0v) is 15.9. The molecule has 1 amide bonds. The summed E-state index contributed by atoms with van der Waals surface area (Å²) in [5.41, 5.74) is 1.20. The highest BCUT2D eigenvalue weighted by Crippen LogP contribution is 2.19. The van der Waals surface area contributed by atoms with Crippen molar-refractivity contribution in [2.75, 3.05) is 18.5 Å². The number of amides is 1. The van der Waals surface area contributed by atoms with E-state index in [-0.39, 0.29) is 11.0 Å². The van der Waals surface area contributed by atoms with Gasteiger partial charge in [-0.2, -0.15) is 0 Å². The molecular weight excluding hydrogens is 348 g/mol. The van der Waals surface area contributed by atoms with Gasteiger partial charge in [-0.15, -0.1) is 0 Å². The smallest absolute Gasteiger partial charge is 0.261 e. The first-order valence-electron chi connectivity index (χ1n) is 8.71. The normalized spacial score (nSPS) is 10.1. The molecule has 138 valence electrons. The summed E-state index contributed by atoms with van der Waals surface area (Å²) in [6.45, 7) is 5.27. The van der Waals surface area contributed by atoms with Gasteiger partial charge in [0.05, 0.1) is 18.8 Å². The molecule has 0 spiro atoms. The lowest BCUT2D eigenvalue weighted by molar-refractivity contribution is 0.0973. The van der Waals surface area contributed by atoms with Crippen LogP contribution in [0.5, 0.6) is 11.5 Å². The average molecular weight is 372 g/mol. The summed E-state index contributed by atoms with van der Waals surface area (Å²) in [6, 6.07) is 14.5. The minimum atomic E-state index is -0.312. The lowest BCUT2D eigenvalue weighted by Crippen LogP contribution is -2.34. The molecule has 5 nitrogen and oxygen atoms in total. The molecule has 2 rings (SSSR count). The highest BCUT2D eigenvalue weighted by Gasteiger charge is 2.13. The van der Waals surface area contributed by atoms with E-state index in [1.54, 1.807) is 18.2 Å². The number of anilines is 1. The van der Waals surface area contributed by atoms with Crippen LogP contribution in [0.1, 0.15) is 37.0 Å². The van der Waals surface area contributed by atoms with Gasteiger partial charge in [0.15, 0.2) is 5.11 Å². The Balaban J connectivity index is 1.98. The zero-order chi connectivity index (χ0) is 18.8. The number of hydrogen-bond donors (Lipinski definition) is 2. The highest BCUT2D eigenvalue weighted by atomic mass is 32.1. The van der Waals surface area contributed by atoms with E-state index < -0.39 is 0 Å². The molecule has 2 aromatic carbocycles. The van der Waals surface area contributed by atoms with Crippen LogP contribution >= 0.6 is 12.2 Å². The Morgan fingerprint density at radius 2 is 1.73 bits per heavy atom. The second-order valence-electron chi connectivity index (χ2n) is 5.63. The molecular formula is C20H24N2O3S. The van der Waals surface area contributed by atoms with Gasteiger partial charge in [0, 0.05) is 11.8 Å². The van der Waals surface area contributed by atoms with Gasteiger partial charge in [0.2, 0.25) is 0 Å². The molecule has 0 saturated heterocycles. The first kappa shape index (κ1) is 19.7. The molecule has 2 aromatic rings. The van der Waals surface area contributed by atoms with Crippen molar-refractivity contribution in [2.45, 2.75) is 26.7 Å². The Labute approximate surface area is 159 Å². The monoisotopic (exact) mass is 372 g/mol. The van der Waals surface area contributed by atoms with Crippen LogP contribution in [-0.4, -0.2) is 24.2 Å². The number of ether oxygens (including phenoxy) is 2. The summed E-state index contributed by atoms with van der Waals surface area (Å²) >= 11 is 5.25. The predicted octanol–water partition coefficient (Wildman–Crippen LogP) is 4.39. The summed E-state index contributed by atoms with van der Waals surface area (Å²) < 4.78 is 11.2. The SMILES string of the molecule is CCCOc1cccc(NC(=S)NC(=O)c2ccccc2OCCC)c1. The molecule has 0 saturated carbocycles. The topological polar surface area (TPSA) is 59.6 Å². The molecule has 0 atom stereocenters. The molecule has 0 aliphatic rings. The van der Waals surface area contributed by atoms with Gasteiger partial charge in [-0.3, -0.25) is 10.1 Å². The molecule has 0 heterocycles. The van der Waals surface area contributed by atoms with E-state index in [4.69, 9.17) is 21.7 Å². The molecule has 6 heteroatoms. The number of benzene rings is 2. The van der Waals surface area contributed by atoms with Crippen LogP contribution in [0.4, 0.5) is 5.69 Å². The van der Waals surface area contributed by atoms with Crippen molar-refractivity contribution in [3.05, 3.63) is 54.1 Å². The van der Waals surface area contributed by atoms with Crippen molar-refractivity contribution < 1.29 is 14.3 Å². The van der Waals surface area contributed by atoms with Gasteiger partial charge < -0.3 is 14.8 Å². The van der Waals surface area contributed by atoms with Gasteiger partial charge in [0.25, 0.3) is 5.91 Å². The molecule has 0 bridgehead atoms. The molecule has 0 aliphatic heterocycles. The maximum Gasteiger partial charge on any atom is 0.261 e. The third-order valence-corrected chi connectivity index (χ3v) is 3.59. The van der Waals surface area contributed by atoms with Crippen LogP contribution in [0.25, 0.3) is 0 Å². The van der Waals surface area contributed by atoms with Crippen LogP contribution in [0.15, 0.2) is 48.5 Å². The fraction of sp³-hybridized carbons (Fsp3) is 0.300. The maximum absolute atomic E-state index is 12.5. The Bertz CT molecular complexity index is 749. The Morgan fingerprint density at radius 3 is 2.50 bits per heavy atom. The number of carbonyl (C=O) groups excluding carboxylic acids is 1. The number of nitrogens with one attached hydrogen (secondary N) is 2. The fourth-order valence-corrected chi connectivity index (χ4v) is 2.42. The minimum Gasteiger partial charge on any atom is -0.494 e. The number of para-hydroxylation sites is 1. The molecule has 2 N–H and O–H groups in total. The van der Waals surface area contributed by atoms with Gasteiger partial charge in [-0.25, -0.2) is 0 Å². The summed E-state index contributed by atoms with van der Waals surface area (Å²) in [7, 11) is 0. The molecule has 0 unspecified atom stereocenters. The van der Waals surface area contributed by atoms with Crippen molar-refractivity contribution in [2.24, 2.45) is 0 Å². The third kappa shape index (κ3) is 6.04. The van der Waals surface area contributed by atoms with Crippen LogP contribution in [0.2, 0.25) is 0 Å². The average Bonchev–Trinajstić information content (AvgIpc) is 2.65. The molecule has 0 aromatic heterocycles. The lowest BCUT2D eigenvalue weighted by Gasteiger charge is -2.13. The molecule has 0 fully saturated rings. The molecule has 26 heavy (non-hydrogen) atoms. The Kier molecular flexibility index (Phi) is 7.89. The molecule has 0 aliphatic carbocycles. The maximum atomic E-state index is 12.5. The van der Waals surface area contributed by atoms with E-state index in [9.17, 15) is 4.79 Å². The standard InChI is InChI=1S/C20H24N2O3S/c1-3-12-24-16-9-7-8-15(14-16)21-20(26)22-19(23)17-10-5-6-11-18(17)25-13-4-2/h5-11,14H,3-4,12-13H2,1-2H3,(H2,21,22,23,26). The fourth-order valence-electron chi connectivity index (χ4n) is 2.21. The molecule has 0 radical (unpaired) electrons. The second kappa shape index (κ2) is 10.4. The Hall–Kier alpha value is -2.60. The van der Waals surface area contributed by atoms with E-state index in [0.29, 0.717) is 24.5 Å². The van der Waals surface area contributed by atoms with E-state index in [1.165, 1.54) is 0 Å². The predicted molar refractivity (Wildman–Crippen MR) is 108 cm³/mol. The van der Waals surface area contributed by atoms with Crippen molar-refractivity contribution in [1.29, 1.82) is 0 Å². The van der Waals surface area contributed by atoms with Crippen LogP contribution < -0.4 is 20.1 Å². The summed E-state index contributed by atoms with van der Waals surface area (Å²) in [5, 5.41) is 5.90. The Morgan fingerprint density at radius 1 is 1.00 bits per heavy atom. The van der Waals surface area contributed by atoms with E-state index in [1.807, 2.05) is 37.3 Å². The van der Waals surface area contributed by atoms with Gasteiger partial charge in [-0.05, 0) is 49.3 Å². The van der Waals surface area contributed by atoms with Crippen LogP contribution in [0.3, 0.4) is 0 Å². The first-order chi connectivity index (χ1) is 12.6. The van der Waals surface area contributed by atoms with Crippen molar-refractivity contribution in [3.8, 4) is 11.5 Å². The zero-order valence-electron chi connectivity index (χ0n) is 15.1. The summed E-state index contributed by atoms with van der Waals surface area (Å²) in [4.78, 5) is 12.5. The van der Waals surface area contributed by atoms with E-state index in [0.717, 1.165) is 24.3 Å².